The van der Waals surface area contributed by atoms with Crippen LogP contribution in [0.1, 0.15) is 30.1 Å². The quantitative estimate of drug-likeness (QED) is 0.863. The fourth-order valence-electron chi connectivity index (χ4n) is 2.38. The average Bonchev–Trinajstić information content (AvgIpc) is 2.40. The van der Waals surface area contributed by atoms with Gasteiger partial charge in [0.25, 0.3) is 5.91 Å². The molecule has 0 aromatic heterocycles. The first kappa shape index (κ1) is 12.1. The Labute approximate surface area is 103 Å². The molecule has 2 rings (SSSR count). The second kappa shape index (κ2) is 5.82. The van der Waals surface area contributed by atoms with Crippen molar-refractivity contribution < 1.29 is 4.79 Å². The Morgan fingerprint density at radius 2 is 2.18 bits per heavy atom. The molecule has 1 aliphatic heterocycles. The SMILES string of the molecule is CCNC1CCCN(C(=O)c2ccccc2)C1. The molecule has 1 unspecified atom stereocenters. The minimum atomic E-state index is 0.160. The molecule has 0 radical (unpaired) electrons. The molecule has 0 saturated carbocycles. The van der Waals surface area contributed by atoms with Crippen LogP contribution >= 0.6 is 0 Å². The largest absolute Gasteiger partial charge is 0.337 e. The molecule has 1 saturated heterocycles. The number of likely N-dealkylation sites (N-methyl/N-ethyl adjacent to an activating group) is 1. The minimum absolute atomic E-state index is 0.160. The van der Waals surface area contributed by atoms with Crippen molar-refractivity contribution >= 4 is 5.91 Å². The van der Waals surface area contributed by atoms with Crippen molar-refractivity contribution in [2.75, 3.05) is 19.6 Å². The monoisotopic (exact) mass is 232 g/mol. The highest BCUT2D eigenvalue weighted by atomic mass is 16.2. The van der Waals surface area contributed by atoms with Crippen LogP contribution in [0.3, 0.4) is 0 Å². The summed E-state index contributed by atoms with van der Waals surface area (Å²) in [6.07, 6.45) is 2.27. The van der Waals surface area contributed by atoms with Gasteiger partial charge in [0, 0.05) is 24.7 Å². The van der Waals surface area contributed by atoms with Crippen LogP contribution in [-0.2, 0) is 0 Å². The van der Waals surface area contributed by atoms with Crippen molar-refractivity contribution in [3.05, 3.63) is 35.9 Å². The minimum Gasteiger partial charge on any atom is -0.337 e. The van der Waals surface area contributed by atoms with E-state index in [0.717, 1.165) is 31.6 Å². The Morgan fingerprint density at radius 1 is 1.41 bits per heavy atom. The Morgan fingerprint density at radius 3 is 2.88 bits per heavy atom. The third kappa shape index (κ3) is 3.07. The van der Waals surface area contributed by atoms with Gasteiger partial charge < -0.3 is 10.2 Å². The third-order valence-corrected chi connectivity index (χ3v) is 3.22. The summed E-state index contributed by atoms with van der Waals surface area (Å²) in [5.41, 5.74) is 0.796. The molecule has 1 aromatic carbocycles. The number of hydrogen-bond acceptors (Lipinski definition) is 2. The van der Waals surface area contributed by atoms with Gasteiger partial charge >= 0.3 is 0 Å². The van der Waals surface area contributed by atoms with Crippen LogP contribution in [0.4, 0.5) is 0 Å². The lowest BCUT2D eigenvalue weighted by molar-refractivity contribution is 0.0695. The van der Waals surface area contributed by atoms with Crippen molar-refractivity contribution in [1.82, 2.24) is 10.2 Å². The molecule has 1 atom stereocenters. The molecule has 3 heteroatoms. The summed E-state index contributed by atoms with van der Waals surface area (Å²) in [7, 11) is 0. The Hall–Kier alpha value is -1.35. The number of carbonyl (C=O) groups excluding carboxylic acids is 1. The maximum atomic E-state index is 12.2. The van der Waals surface area contributed by atoms with Crippen LogP contribution in [-0.4, -0.2) is 36.5 Å². The number of nitrogens with one attached hydrogen (secondary N) is 1. The van der Waals surface area contributed by atoms with E-state index in [9.17, 15) is 4.79 Å². The third-order valence-electron chi connectivity index (χ3n) is 3.22. The Balaban J connectivity index is 2.00. The summed E-state index contributed by atoms with van der Waals surface area (Å²) in [4.78, 5) is 14.2. The summed E-state index contributed by atoms with van der Waals surface area (Å²) in [6, 6.07) is 10.0. The van der Waals surface area contributed by atoms with Crippen molar-refractivity contribution in [2.45, 2.75) is 25.8 Å². The van der Waals surface area contributed by atoms with Gasteiger partial charge in [0.15, 0.2) is 0 Å². The zero-order valence-corrected chi connectivity index (χ0v) is 10.4. The van der Waals surface area contributed by atoms with Crippen LogP contribution < -0.4 is 5.32 Å². The highest BCUT2D eigenvalue weighted by Gasteiger charge is 2.23. The van der Waals surface area contributed by atoms with E-state index < -0.39 is 0 Å². The van der Waals surface area contributed by atoms with E-state index in [-0.39, 0.29) is 5.91 Å². The van der Waals surface area contributed by atoms with Gasteiger partial charge in [0.1, 0.15) is 0 Å². The van der Waals surface area contributed by atoms with Crippen LogP contribution in [0.2, 0.25) is 0 Å². The van der Waals surface area contributed by atoms with Crippen molar-refractivity contribution in [3.8, 4) is 0 Å². The van der Waals surface area contributed by atoms with Crippen LogP contribution in [0, 0.1) is 0 Å². The molecule has 0 bridgehead atoms. The normalized spacial score (nSPS) is 20.3. The van der Waals surface area contributed by atoms with Gasteiger partial charge in [-0.05, 0) is 31.5 Å². The second-order valence-corrected chi connectivity index (χ2v) is 4.51. The van der Waals surface area contributed by atoms with E-state index in [0.29, 0.717) is 6.04 Å². The Kier molecular flexibility index (Phi) is 4.15. The summed E-state index contributed by atoms with van der Waals surface area (Å²) in [6.45, 7) is 4.80. The molecule has 1 N–H and O–H groups in total. The summed E-state index contributed by atoms with van der Waals surface area (Å²) in [5.74, 6) is 0.160. The van der Waals surface area contributed by atoms with E-state index in [1.807, 2.05) is 35.2 Å². The number of nitrogens with zero attached hydrogens (tertiary/aromatic N) is 1. The number of hydrogen-bond donors (Lipinski definition) is 1. The maximum Gasteiger partial charge on any atom is 0.253 e. The molecule has 1 fully saturated rings. The summed E-state index contributed by atoms with van der Waals surface area (Å²) >= 11 is 0. The van der Waals surface area contributed by atoms with E-state index in [4.69, 9.17) is 0 Å². The van der Waals surface area contributed by atoms with Gasteiger partial charge in [0.2, 0.25) is 0 Å². The van der Waals surface area contributed by atoms with Gasteiger partial charge in [-0.3, -0.25) is 4.79 Å². The van der Waals surface area contributed by atoms with E-state index in [1.165, 1.54) is 6.42 Å². The van der Waals surface area contributed by atoms with Gasteiger partial charge in [0.05, 0.1) is 0 Å². The van der Waals surface area contributed by atoms with E-state index in [1.54, 1.807) is 0 Å². The van der Waals surface area contributed by atoms with E-state index in [2.05, 4.69) is 12.2 Å². The molecule has 0 spiro atoms. The fourth-order valence-corrected chi connectivity index (χ4v) is 2.38. The first-order valence-electron chi connectivity index (χ1n) is 6.39. The molecule has 1 aromatic rings. The molecule has 17 heavy (non-hydrogen) atoms. The summed E-state index contributed by atoms with van der Waals surface area (Å²) in [5, 5.41) is 3.43. The van der Waals surface area contributed by atoms with Crippen molar-refractivity contribution in [2.24, 2.45) is 0 Å². The zero-order chi connectivity index (χ0) is 12.1. The lowest BCUT2D eigenvalue weighted by Crippen LogP contribution is -2.47. The fraction of sp³-hybridized carbons (Fsp3) is 0.500. The molecule has 1 amide bonds. The van der Waals surface area contributed by atoms with Gasteiger partial charge in [-0.25, -0.2) is 0 Å². The molecule has 92 valence electrons. The van der Waals surface area contributed by atoms with Gasteiger partial charge in [-0.2, -0.15) is 0 Å². The molecule has 1 aliphatic rings. The standard InChI is InChI=1S/C14H20N2O/c1-2-15-13-9-6-10-16(11-13)14(17)12-7-4-3-5-8-12/h3-5,7-8,13,15H,2,6,9-11H2,1H3. The Bertz CT molecular complexity index is 362. The van der Waals surface area contributed by atoms with Crippen molar-refractivity contribution in [3.63, 3.8) is 0 Å². The smallest absolute Gasteiger partial charge is 0.253 e. The van der Waals surface area contributed by atoms with Gasteiger partial charge in [-0.1, -0.05) is 25.1 Å². The van der Waals surface area contributed by atoms with Crippen LogP contribution in [0.5, 0.6) is 0 Å². The number of likely N-dealkylation sites (tertiary alicyclic amines) is 1. The number of carbonyl (C=O) groups is 1. The number of amides is 1. The zero-order valence-electron chi connectivity index (χ0n) is 10.4. The molecule has 0 aliphatic carbocycles. The first-order chi connectivity index (χ1) is 8.31. The average molecular weight is 232 g/mol. The molecular weight excluding hydrogens is 212 g/mol. The topological polar surface area (TPSA) is 32.3 Å². The van der Waals surface area contributed by atoms with E-state index >= 15 is 0 Å². The number of piperidine rings is 1. The molecular formula is C14H20N2O. The number of benzene rings is 1. The first-order valence-corrected chi connectivity index (χ1v) is 6.39. The highest BCUT2D eigenvalue weighted by molar-refractivity contribution is 5.94. The predicted octanol–water partition coefficient (Wildman–Crippen LogP) is 1.90. The van der Waals surface area contributed by atoms with Crippen LogP contribution in [0.15, 0.2) is 30.3 Å². The van der Waals surface area contributed by atoms with Crippen molar-refractivity contribution in [1.29, 1.82) is 0 Å². The second-order valence-electron chi connectivity index (χ2n) is 4.51. The van der Waals surface area contributed by atoms with Gasteiger partial charge in [-0.15, -0.1) is 0 Å². The highest BCUT2D eigenvalue weighted by Crippen LogP contribution is 2.13. The predicted molar refractivity (Wildman–Crippen MR) is 69.0 cm³/mol. The molecule has 1 heterocycles. The number of rotatable bonds is 3. The lowest BCUT2D eigenvalue weighted by Gasteiger charge is -2.33. The lowest BCUT2D eigenvalue weighted by atomic mass is 10.0. The summed E-state index contributed by atoms with van der Waals surface area (Å²) < 4.78 is 0. The van der Waals surface area contributed by atoms with Crippen LogP contribution in [0.25, 0.3) is 0 Å². The molecule has 3 nitrogen and oxygen atoms in total. The maximum absolute atomic E-state index is 12.2.